The second-order valence-electron chi connectivity index (χ2n) is 7.25. The highest BCUT2D eigenvalue weighted by atomic mass is 16.2. The van der Waals surface area contributed by atoms with E-state index in [1.54, 1.807) is 12.4 Å². The Morgan fingerprint density at radius 1 is 1.11 bits per heavy atom. The third-order valence-corrected chi connectivity index (χ3v) is 5.46. The molecule has 3 aromatic heterocycles. The van der Waals surface area contributed by atoms with Crippen LogP contribution in [0.15, 0.2) is 49.3 Å². The minimum absolute atomic E-state index is 0.171. The standard InChI is InChI=1S/C21H26N6O/c1-2-19-23-8-12-26(19)16-20(28)25-10-5-18(6-11-25)21-24-9-13-27(21)15-17-4-3-7-22-14-17/h3-4,7-9,12-14,18H,2,5-6,10-11,15-16H2,1H3. The zero-order valence-corrected chi connectivity index (χ0v) is 16.2. The summed E-state index contributed by atoms with van der Waals surface area (Å²) in [6, 6.07) is 4.04. The Morgan fingerprint density at radius 3 is 2.64 bits per heavy atom. The maximum atomic E-state index is 12.7. The molecule has 1 fully saturated rings. The predicted octanol–water partition coefficient (Wildman–Crippen LogP) is 2.49. The zero-order chi connectivity index (χ0) is 19.3. The van der Waals surface area contributed by atoms with E-state index in [0.29, 0.717) is 12.5 Å². The highest BCUT2D eigenvalue weighted by molar-refractivity contribution is 5.76. The van der Waals surface area contributed by atoms with Gasteiger partial charge in [-0.05, 0) is 24.5 Å². The van der Waals surface area contributed by atoms with Crippen molar-refractivity contribution in [2.24, 2.45) is 0 Å². The second-order valence-corrected chi connectivity index (χ2v) is 7.25. The molecule has 0 spiro atoms. The van der Waals surface area contributed by atoms with Crippen molar-refractivity contribution >= 4 is 5.91 Å². The quantitative estimate of drug-likeness (QED) is 0.661. The monoisotopic (exact) mass is 378 g/mol. The van der Waals surface area contributed by atoms with Crippen molar-refractivity contribution in [3.05, 3.63) is 66.5 Å². The number of nitrogens with zero attached hydrogens (tertiary/aromatic N) is 6. The highest BCUT2D eigenvalue weighted by Crippen LogP contribution is 2.27. The third-order valence-electron chi connectivity index (χ3n) is 5.46. The summed E-state index contributed by atoms with van der Waals surface area (Å²) in [7, 11) is 0. The van der Waals surface area contributed by atoms with Crippen LogP contribution >= 0.6 is 0 Å². The van der Waals surface area contributed by atoms with Crippen LogP contribution in [0.4, 0.5) is 0 Å². The summed E-state index contributed by atoms with van der Waals surface area (Å²) in [6.07, 6.45) is 14.0. The Balaban J connectivity index is 1.36. The van der Waals surface area contributed by atoms with E-state index in [-0.39, 0.29) is 5.91 Å². The molecule has 1 saturated heterocycles. The van der Waals surface area contributed by atoms with Crippen LogP contribution < -0.4 is 0 Å². The molecule has 0 atom stereocenters. The molecule has 146 valence electrons. The number of piperidine rings is 1. The van der Waals surface area contributed by atoms with Crippen molar-refractivity contribution in [1.82, 2.24) is 29.0 Å². The summed E-state index contributed by atoms with van der Waals surface area (Å²) in [4.78, 5) is 27.8. The normalized spacial score (nSPS) is 15.1. The zero-order valence-electron chi connectivity index (χ0n) is 16.2. The van der Waals surface area contributed by atoms with Crippen molar-refractivity contribution in [3.8, 4) is 0 Å². The van der Waals surface area contributed by atoms with Gasteiger partial charge >= 0.3 is 0 Å². The summed E-state index contributed by atoms with van der Waals surface area (Å²) in [5.74, 6) is 2.62. The Kier molecular flexibility index (Phi) is 5.50. The van der Waals surface area contributed by atoms with Crippen molar-refractivity contribution in [2.75, 3.05) is 13.1 Å². The molecule has 3 aromatic rings. The molecule has 7 nitrogen and oxygen atoms in total. The van der Waals surface area contributed by atoms with E-state index in [2.05, 4.69) is 32.5 Å². The third kappa shape index (κ3) is 3.98. The molecule has 0 aliphatic carbocycles. The Bertz CT molecular complexity index is 908. The number of imidazole rings is 2. The van der Waals surface area contributed by atoms with Gasteiger partial charge in [0.2, 0.25) is 5.91 Å². The molecule has 0 N–H and O–H groups in total. The molecule has 0 bridgehead atoms. The van der Waals surface area contributed by atoms with Crippen LogP contribution in [0.2, 0.25) is 0 Å². The molecule has 1 amide bonds. The van der Waals surface area contributed by atoms with Crippen molar-refractivity contribution < 1.29 is 4.79 Å². The van der Waals surface area contributed by atoms with Gasteiger partial charge in [-0.25, -0.2) is 9.97 Å². The smallest absolute Gasteiger partial charge is 0.242 e. The molecule has 0 radical (unpaired) electrons. The fourth-order valence-electron chi connectivity index (χ4n) is 3.93. The van der Waals surface area contributed by atoms with Gasteiger partial charge < -0.3 is 14.0 Å². The van der Waals surface area contributed by atoms with Crippen LogP contribution in [0.1, 0.15) is 42.9 Å². The van der Waals surface area contributed by atoms with Crippen LogP contribution in [0.25, 0.3) is 0 Å². The lowest BCUT2D eigenvalue weighted by molar-refractivity contribution is -0.132. The van der Waals surface area contributed by atoms with Crippen molar-refractivity contribution in [2.45, 2.75) is 45.2 Å². The van der Waals surface area contributed by atoms with E-state index in [4.69, 9.17) is 0 Å². The summed E-state index contributed by atoms with van der Waals surface area (Å²) in [5, 5.41) is 0. The Labute approximate surface area is 165 Å². The van der Waals surface area contributed by atoms with Crippen molar-refractivity contribution in [1.29, 1.82) is 0 Å². The number of amides is 1. The summed E-state index contributed by atoms with van der Waals surface area (Å²) >= 11 is 0. The van der Waals surface area contributed by atoms with Gasteiger partial charge in [0.15, 0.2) is 0 Å². The molecule has 0 unspecified atom stereocenters. The molecule has 4 heterocycles. The average molecular weight is 378 g/mol. The minimum atomic E-state index is 0.171. The molecule has 1 aliphatic heterocycles. The fourth-order valence-corrected chi connectivity index (χ4v) is 3.93. The van der Waals surface area contributed by atoms with Crippen LogP contribution in [0.5, 0.6) is 0 Å². The highest BCUT2D eigenvalue weighted by Gasteiger charge is 2.26. The second kappa shape index (κ2) is 8.37. The van der Waals surface area contributed by atoms with Gasteiger partial charge in [0.1, 0.15) is 18.2 Å². The SMILES string of the molecule is CCc1nccn1CC(=O)N1CCC(c2nccn2Cc2cccnc2)CC1. The van der Waals surface area contributed by atoms with Crippen LogP contribution in [-0.2, 0) is 24.3 Å². The molecular formula is C21H26N6O. The van der Waals surface area contributed by atoms with E-state index >= 15 is 0 Å². The van der Waals surface area contributed by atoms with Gasteiger partial charge in [0.25, 0.3) is 0 Å². The van der Waals surface area contributed by atoms with Gasteiger partial charge in [0, 0.05) is 62.6 Å². The van der Waals surface area contributed by atoms with Gasteiger partial charge in [0.05, 0.1) is 6.54 Å². The molecule has 1 aliphatic rings. The number of pyridine rings is 1. The average Bonchev–Trinajstić information content (AvgIpc) is 3.38. The summed E-state index contributed by atoms with van der Waals surface area (Å²) in [5.41, 5.74) is 1.17. The van der Waals surface area contributed by atoms with Crippen LogP contribution in [-0.4, -0.2) is 48.0 Å². The molecule has 7 heteroatoms. The van der Waals surface area contributed by atoms with E-state index in [0.717, 1.165) is 50.5 Å². The fraction of sp³-hybridized carbons (Fsp3) is 0.429. The maximum Gasteiger partial charge on any atom is 0.242 e. The summed E-state index contributed by atoms with van der Waals surface area (Å²) < 4.78 is 4.16. The van der Waals surface area contributed by atoms with Gasteiger partial charge in [-0.2, -0.15) is 0 Å². The van der Waals surface area contributed by atoms with Gasteiger partial charge in [-0.1, -0.05) is 13.0 Å². The molecule has 0 aromatic carbocycles. The number of aromatic nitrogens is 5. The topological polar surface area (TPSA) is 68.8 Å². The van der Waals surface area contributed by atoms with E-state index in [1.165, 1.54) is 5.56 Å². The number of aryl methyl sites for hydroxylation is 1. The lowest BCUT2D eigenvalue weighted by Gasteiger charge is -2.32. The number of likely N-dealkylation sites (tertiary alicyclic amines) is 1. The first kappa shape index (κ1) is 18.4. The largest absolute Gasteiger partial charge is 0.341 e. The van der Waals surface area contributed by atoms with Gasteiger partial charge in [-0.15, -0.1) is 0 Å². The maximum absolute atomic E-state index is 12.7. The number of carbonyl (C=O) groups is 1. The first-order valence-corrected chi connectivity index (χ1v) is 9.92. The first-order valence-electron chi connectivity index (χ1n) is 9.92. The molecule has 0 saturated carbocycles. The lowest BCUT2D eigenvalue weighted by atomic mass is 9.95. The van der Waals surface area contributed by atoms with Crippen molar-refractivity contribution in [3.63, 3.8) is 0 Å². The molecular weight excluding hydrogens is 352 g/mol. The molecule has 4 rings (SSSR count). The first-order chi connectivity index (χ1) is 13.7. The summed E-state index contributed by atoms with van der Waals surface area (Å²) in [6.45, 7) is 4.77. The van der Waals surface area contributed by atoms with Gasteiger partial charge in [-0.3, -0.25) is 9.78 Å². The van der Waals surface area contributed by atoms with E-state index in [1.807, 2.05) is 40.3 Å². The Hall–Kier alpha value is -2.96. The predicted molar refractivity (Wildman–Crippen MR) is 106 cm³/mol. The number of hydrogen-bond acceptors (Lipinski definition) is 4. The minimum Gasteiger partial charge on any atom is -0.341 e. The number of carbonyl (C=O) groups excluding carboxylic acids is 1. The lowest BCUT2D eigenvalue weighted by Crippen LogP contribution is -2.40. The van der Waals surface area contributed by atoms with E-state index in [9.17, 15) is 4.79 Å². The van der Waals surface area contributed by atoms with E-state index < -0.39 is 0 Å². The molecule has 28 heavy (non-hydrogen) atoms. The number of rotatable bonds is 6. The van der Waals surface area contributed by atoms with Crippen LogP contribution in [0, 0.1) is 0 Å². The van der Waals surface area contributed by atoms with Crippen LogP contribution in [0.3, 0.4) is 0 Å². The number of hydrogen-bond donors (Lipinski definition) is 0. The Morgan fingerprint density at radius 2 is 1.89 bits per heavy atom.